The van der Waals surface area contributed by atoms with Gasteiger partial charge in [0.15, 0.2) is 0 Å². The molecule has 0 unspecified atom stereocenters. The molecule has 0 saturated heterocycles. The van der Waals surface area contributed by atoms with Crippen molar-refractivity contribution in [1.29, 1.82) is 0 Å². The van der Waals surface area contributed by atoms with E-state index in [9.17, 15) is 9.59 Å². The normalized spacial score (nSPS) is 14.0. The van der Waals surface area contributed by atoms with E-state index in [0.717, 1.165) is 17.0 Å². The van der Waals surface area contributed by atoms with Crippen LogP contribution in [-0.2, 0) is 6.54 Å². The van der Waals surface area contributed by atoms with Gasteiger partial charge in [0.2, 0.25) is 0 Å². The number of benzene rings is 1. The molecule has 0 aliphatic carbocycles. The maximum Gasteiger partial charge on any atom is 0.261 e. The summed E-state index contributed by atoms with van der Waals surface area (Å²) < 4.78 is 1.95. The first-order valence-electron chi connectivity index (χ1n) is 7.04. The number of carbonyl (C=O) groups excluding carboxylic acids is 2. The molecular formula is C17H13N3O2. The molecule has 0 atom stereocenters. The predicted molar refractivity (Wildman–Crippen MR) is 80.6 cm³/mol. The van der Waals surface area contributed by atoms with Gasteiger partial charge in [0, 0.05) is 11.9 Å². The van der Waals surface area contributed by atoms with Crippen LogP contribution in [0.3, 0.4) is 0 Å². The van der Waals surface area contributed by atoms with Gasteiger partial charge in [-0.2, -0.15) is 0 Å². The third-order valence-corrected chi connectivity index (χ3v) is 4.05. The molecule has 0 radical (unpaired) electrons. The van der Waals surface area contributed by atoms with E-state index in [1.807, 2.05) is 35.7 Å². The van der Waals surface area contributed by atoms with E-state index >= 15 is 0 Å². The lowest BCUT2D eigenvalue weighted by molar-refractivity contribution is 0.0640. The van der Waals surface area contributed by atoms with Crippen molar-refractivity contribution in [2.24, 2.45) is 0 Å². The van der Waals surface area contributed by atoms with Crippen LogP contribution in [0.15, 0.2) is 48.7 Å². The minimum Gasteiger partial charge on any atom is -0.304 e. The molecule has 0 N–H and O–H groups in total. The average molecular weight is 291 g/mol. The second-order valence-corrected chi connectivity index (χ2v) is 5.31. The second kappa shape index (κ2) is 4.53. The van der Waals surface area contributed by atoms with Gasteiger partial charge in [0.1, 0.15) is 5.65 Å². The summed E-state index contributed by atoms with van der Waals surface area (Å²) in [4.78, 5) is 30.6. The van der Waals surface area contributed by atoms with E-state index in [-0.39, 0.29) is 18.4 Å². The number of imide groups is 1. The second-order valence-electron chi connectivity index (χ2n) is 5.31. The molecule has 2 amide bonds. The quantitative estimate of drug-likeness (QED) is 0.681. The van der Waals surface area contributed by atoms with Gasteiger partial charge in [-0.15, -0.1) is 0 Å². The fourth-order valence-corrected chi connectivity index (χ4v) is 2.85. The molecule has 4 rings (SSSR count). The summed E-state index contributed by atoms with van der Waals surface area (Å²) in [6.07, 6.45) is 1.92. The van der Waals surface area contributed by atoms with Crippen molar-refractivity contribution in [3.8, 4) is 0 Å². The van der Waals surface area contributed by atoms with Crippen molar-refractivity contribution in [1.82, 2.24) is 14.3 Å². The van der Waals surface area contributed by atoms with Gasteiger partial charge < -0.3 is 4.40 Å². The number of imidazole rings is 1. The van der Waals surface area contributed by atoms with Crippen LogP contribution in [0.4, 0.5) is 0 Å². The SMILES string of the molecule is Cc1c(CN2C(=O)c3ccccc3C2=O)nc2ccccn12. The molecule has 0 saturated carbocycles. The highest BCUT2D eigenvalue weighted by atomic mass is 16.2. The molecule has 1 aliphatic heterocycles. The van der Waals surface area contributed by atoms with Gasteiger partial charge in [-0.1, -0.05) is 18.2 Å². The minimum atomic E-state index is -0.253. The van der Waals surface area contributed by atoms with E-state index < -0.39 is 0 Å². The first-order valence-corrected chi connectivity index (χ1v) is 7.04. The first-order chi connectivity index (χ1) is 10.7. The zero-order valence-corrected chi connectivity index (χ0v) is 12.0. The molecule has 2 aromatic heterocycles. The van der Waals surface area contributed by atoms with Crippen LogP contribution in [0, 0.1) is 6.92 Å². The lowest BCUT2D eigenvalue weighted by Crippen LogP contribution is -2.29. The van der Waals surface area contributed by atoms with Crippen molar-refractivity contribution in [2.45, 2.75) is 13.5 Å². The Morgan fingerprint density at radius 1 is 0.955 bits per heavy atom. The summed E-state index contributed by atoms with van der Waals surface area (Å²) >= 11 is 0. The van der Waals surface area contributed by atoms with Gasteiger partial charge in [-0.25, -0.2) is 4.98 Å². The number of carbonyl (C=O) groups is 2. The molecule has 5 heteroatoms. The monoisotopic (exact) mass is 291 g/mol. The Bertz CT molecular complexity index is 892. The first kappa shape index (κ1) is 12.8. The maximum absolute atomic E-state index is 12.4. The average Bonchev–Trinajstić information content (AvgIpc) is 2.99. The molecule has 3 heterocycles. The summed E-state index contributed by atoms with van der Waals surface area (Å²) in [5.74, 6) is -0.505. The van der Waals surface area contributed by atoms with Crippen LogP contribution in [0.5, 0.6) is 0 Å². The molecule has 1 aromatic carbocycles. The van der Waals surface area contributed by atoms with Gasteiger partial charge in [0.05, 0.1) is 23.4 Å². The van der Waals surface area contributed by atoms with Crippen LogP contribution in [-0.4, -0.2) is 26.1 Å². The van der Waals surface area contributed by atoms with Crippen LogP contribution in [0.1, 0.15) is 32.1 Å². The summed E-state index contributed by atoms with van der Waals surface area (Å²) in [6, 6.07) is 12.6. The Kier molecular flexibility index (Phi) is 2.63. The molecule has 22 heavy (non-hydrogen) atoms. The number of hydrogen-bond acceptors (Lipinski definition) is 3. The zero-order chi connectivity index (χ0) is 15.3. The number of fused-ring (bicyclic) bond motifs is 2. The Balaban J connectivity index is 1.74. The predicted octanol–water partition coefficient (Wildman–Crippen LogP) is 2.44. The Morgan fingerprint density at radius 3 is 2.23 bits per heavy atom. The van der Waals surface area contributed by atoms with Gasteiger partial charge in [0.25, 0.3) is 11.8 Å². The van der Waals surface area contributed by atoms with E-state index in [4.69, 9.17) is 0 Å². The zero-order valence-electron chi connectivity index (χ0n) is 12.0. The largest absolute Gasteiger partial charge is 0.304 e. The number of rotatable bonds is 2. The molecule has 0 fully saturated rings. The molecular weight excluding hydrogens is 278 g/mol. The third-order valence-electron chi connectivity index (χ3n) is 4.05. The van der Waals surface area contributed by atoms with Gasteiger partial charge in [-0.3, -0.25) is 14.5 Å². The van der Waals surface area contributed by atoms with Gasteiger partial charge in [-0.05, 0) is 31.2 Å². The standard InChI is InChI=1S/C17H13N3O2/c1-11-14(18-15-8-4-5-9-19(11)15)10-20-16(21)12-6-2-3-7-13(12)17(20)22/h2-9H,10H2,1H3. The van der Waals surface area contributed by atoms with Crippen molar-refractivity contribution >= 4 is 17.5 Å². The topological polar surface area (TPSA) is 54.7 Å². The number of nitrogens with zero attached hydrogens (tertiary/aromatic N) is 3. The number of aromatic nitrogens is 2. The molecule has 3 aromatic rings. The highest BCUT2D eigenvalue weighted by molar-refractivity contribution is 6.21. The summed E-state index contributed by atoms with van der Waals surface area (Å²) in [5.41, 5.74) is 3.42. The number of amides is 2. The summed E-state index contributed by atoms with van der Waals surface area (Å²) in [6.45, 7) is 2.13. The fraction of sp³-hybridized carbons (Fsp3) is 0.118. The van der Waals surface area contributed by atoms with E-state index in [1.165, 1.54) is 4.90 Å². The molecule has 108 valence electrons. The Labute approximate surface area is 126 Å². The van der Waals surface area contributed by atoms with Crippen molar-refractivity contribution in [2.75, 3.05) is 0 Å². The molecule has 5 nitrogen and oxygen atoms in total. The molecule has 1 aliphatic rings. The highest BCUT2D eigenvalue weighted by Crippen LogP contribution is 2.25. The summed E-state index contributed by atoms with van der Waals surface area (Å²) in [7, 11) is 0. The van der Waals surface area contributed by atoms with Crippen LogP contribution < -0.4 is 0 Å². The molecule has 0 bridgehead atoms. The summed E-state index contributed by atoms with van der Waals surface area (Å²) in [5, 5.41) is 0. The van der Waals surface area contributed by atoms with Crippen molar-refractivity contribution in [3.63, 3.8) is 0 Å². The van der Waals surface area contributed by atoms with E-state index in [1.54, 1.807) is 24.3 Å². The third kappa shape index (κ3) is 1.69. The van der Waals surface area contributed by atoms with Crippen LogP contribution in [0.25, 0.3) is 5.65 Å². The molecule has 0 spiro atoms. The van der Waals surface area contributed by atoms with Gasteiger partial charge >= 0.3 is 0 Å². The Hall–Kier alpha value is -2.95. The lowest BCUT2D eigenvalue weighted by Gasteiger charge is -2.12. The fourth-order valence-electron chi connectivity index (χ4n) is 2.85. The van der Waals surface area contributed by atoms with Crippen LogP contribution >= 0.6 is 0 Å². The number of aryl methyl sites for hydroxylation is 1. The smallest absolute Gasteiger partial charge is 0.261 e. The van der Waals surface area contributed by atoms with Crippen molar-refractivity contribution < 1.29 is 9.59 Å². The lowest BCUT2D eigenvalue weighted by atomic mass is 10.1. The highest BCUT2D eigenvalue weighted by Gasteiger charge is 2.35. The minimum absolute atomic E-state index is 0.194. The van der Waals surface area contributed by atoms with E-state index in [2.05, 4.69) is 4.98 Å². The Morgan fingerprint density at radius 2 is 1.59 bits per heavy atom. The van der Waals surface area contributed by atoms with E-state index in [0.29, 0.717) is 11.1 Å². The number of pyridine rings is 1. The van der Waals surface area contributed by atoms with Crippen LogP contribution in [0.2, 0.25) is 0 Å². The maximum atomic E-state index is 12.4. The number of hydrogen-bond donors (Lipinski definition) is 0. The van der Waals surface area contributed by atoms with Crippen molar-refractivity contribution in [3.05, 3.63) is 71.2 Å².